The number of hydrogen-bond acceptors (Lipinski definition) is 4. The van der Waals surface area contributed by atoms with E-state index in [1.54, 1.807) is 13.0 Å². The third kappa shape index (κ3) is 2.80. The fourth-order valence-electron chi connectivity index (χ4n) is 1.65. The van der Waals surface area contributed by atoms with Gasteiger partial charge >= 0.3 is 5.69 Å². The smallest absolute Gasteiger partial charge is 0.311 e. The largest absolute Gasteiger partial charge is 0.502 e. The first-order valence-corrected chi connectivity index (χ1v) is 5.75. The highest BCUT2D eigenvalue weighted by Crippen LogP contribution is 2.28. The number of nitro groups is 1. The van der Waals surface area contributed by atoms with Crippen LogP contribution in [0.15, 0.2) is 41.4 Å². The van der Waals surface area contributed by atoms with E-state index in [0.717, 1.165) is 0 Å². The topological polar surface area (TPSA) is 75.7 Å². The molecular weight excluding hydrogens is 263 g/mol. The Bertz CT molecular complexity index is 699. The van der Waals surface area contributed by atoms with Crippen molar-refractivity contribution in [1.82, 2.24) is 0 Å². The van der Waals surface area contributed by atoms with Gasteiger partial charge in [0.25, 0.3) is 0 Å². The Kier molecular flexibility index (Phi) is 3.74. The highest BCUT2D eigenvalue weighted by Gasteiger charge is 2.14. The van der Waals surface area contributed by atoms with E-state index in [-0.39, 0.29) is 17.1 Å². The molecule has 102 valence electrons. The molecule has 0 aliphatic heterocycles. The zero-order valence-corrected chi connectivity index (χ0v) is 10.6. The fraction of sp³-hybridized carbons (Fsp3) is 0.0714. The van der Waals surface area contributed by atoms with Gasteiger partial charge in [0, 0.05) is 17.8 Å². The zero-order valence-electron chi connectivity index (χ0n) is 10.6. The van der Waals surface area contributed by atoms with E-state index < -0.39 is 10.7 Å². The molecule has 0 aliphatic rings. The molecule has 1 N–H and O–H groups in total. The molecule has 2 aromatic rings. The second-order valence-corrected chi connectivity index (χ2v) is 4.16. The first-order valence-electron chi connectivity index (χ1n) is 5.75. The van der Waals surface area contributed by atoms with Crippen LogP contribution in [0.25, 0.3) is 0 Å². The van der Waals surface area contributed by atoms with Gasteiger partial charge in [-0.25, -0.2) is 4.39 Å². The van der Waals surface area contributed by atoms with E-state index in [1.807, 2.05) is 0 Å². The first-order chi connectivity index (χ1) is 9.49. The van der Waals surface area contributed by atoms with Crippen molar-refractivity contribution >= 4 is 17.6 Å². The molecule has 0 heterocycles. The summed E-state index contributed by atoms with van der Waals surface area (Å²) in [6, 6.07) is 8.47. The number of para-hydroxylation sites is 1. The highest BCUT2D eigenvalue weighted by atomic mass is 19.1. The van der Waals surface area contributed by atoms with Crippen LogP contribution < -0.4 is 0 Å². The molecule has 20 heavy (non-hydrogen) atoms. The van der Waals surface area contributed by atoms with Gasteiger partial charge in [-0.1, -0.05) is 6.07 Å². The summed E-state index contributed by atoms with van der Waals surface area (Å²) in [5.41, 5.74) is 0.781. The van der Waals surface area contributed by atoms with Gasteiger partial charge in [0.15, 0.2) is 0 Å². The molecule has 0 unspecified atom stereocenters. The average molecular weight is 274 g/mol. The average Bonchev–Trinajstić information content (AvgIpc) is 2.41. The SMILES string of the molecule is Cc1cc(N=Cc2cccc([N+](=O)[O-])c2O)ccc1F. The van der Waals surface area contributed by atoms with Gasteiger partial charge < -0.3 is 5.11 Å². The Balaban J connectivity index is 2.34. The number of nitrogens with zero attached hydrogens (tertiary/aromatic N) is 2. The predicted molar refractivity (Wildman–Crippen MR) is 73.2 cm³/mol. The maximum absolute atomic E-state index is 13.1. The number of halogens is 1. The molecule has 0 saturated carbocycles. The van der Waals surface area contributed by atoms with Crippen molar-refractivity contribution in [3.8, 4) is 5.75 Å². The summed E-state index contributed by atoms with van der Waals surface area (Å²) in [5.74, 6) is -0.776. The molecule has 0 aromatic heterocycles. The van der Waals surface area contributed by atoms with E-state index in [2.05, 4.69) is 4.99 Å². The molecule has 0 aliphatic carbocycles. The van der Waals surface area contributed by atoms with Crippen molar-refractivity contribution < 1.29 is 14.4 Å². The van der Waals surface area contributed by atoms with Gasteiger partial charge in [-0.3, -0.25) is 15.1 Å². The van der Waals surface area contributed by atoms with Crippen molar-refractivity contribution in [2.75, 3.05) is 0 Å². The number of phenols is 1. The predicted octanol–water partition coefficient (Wildman–Crippen LogP) is 3.50. The molecule has 0 saturated heterocycles. The van der Waals surface area contributed by atoms with Crippen LogP contribution in [0.1, 0.15) is 11.1 Å². The van der Waals surface area contributed by atoms with Crippen molar-refractivity contribution in [3.63, 3.8) is 0 Å². The summed E-state index contributed by atoms with van der Waals surface area (Å²) in [6.45, 7) is 1.61. The standard InChI is InChI=1S/C14H11FN2O3/c1-9-7-11(5-6-12(9)15)16-8-10-3-2-4-13(14(10)18)17(19)20/h2-8,18H,1H3. The van der Waals surface area contributed by atoms with E-state index in [4.69, 9.17) is 0 Å². The second-order valence-electron chi connectivity index (χ2n) is 4.16. The third-order valence-electron chi connectivity index (χ3n) is 2.74. The maximum Gasteiger partial charge on any atom is 0.311 e. The quantitative estimate of drug-likeness (QED) is 0.528. The Labute approximate surface area is 114 Å². The van der Waals surface area contributed by atoms with Gasteiger partial charge in [-0.05, 0) is 36.8 Å². The van der Waals surface area contributed by atoms with Crippen molar-refractivity contribution in [2.45, 2.75) is 6.92 Å². The van der Waals surface area contributed by atoms with Crippen LogP contribution >= 0.6 is 0 Å². The normalized spacial score (nSPS) is 10.9. The molecule has 0 fully saturated rings. The maximum atomic E-state index is 13.1. The Morgan fingerprint density at radius 3 is 2.75 bits per heavy atom. The van der Waals surface area contributed by atoms with Crippen LogP contribution in [0.4, 0.5) is 15.8 Å². The molecule has 2 rings (SSSR count). The van der Waals surface area contributed by atoms with E-state index >= 15 is 0 Å². The van der Waals surface area contributed by atoms with Crippen LogP contribution in [0.5, 0.6) is 5.75 Å². The number of nitro benzene ring substituents is 1. The molecule has 2 aromatic carbocycles. The lowest BCUT2D eigenvalue weighted by Crippen LogP contribution is -1.91. The fourth-order valence-corrected chi connectivity index (χ4v) is 1.65. The number of aromatic hydroxyl groups is 1. The van der Waals surface area contributed by atoms with Crippen molar-refractivity contribution in [2.24, 2.45) is 4.99 Å². The van der Waals surface area contributed by atoms with E-state index in [9.17, 15) is 19.6 Å². The number of hydrogen-bond donors (Lipinski definition) is 1. The lowest BCUT2D eigenvalue weighted by atomic mass is 10.2. The van der Waals surface area contributed by atoms with Gasteiger partial charge in [-0.15, -0.1) is 0 Å². The minimum atomic E-state index is -0.672. The Hall–Kier alpha value is -2.76. The summed E-state index contributed by atoms with van der Waals surface area (Å²) in [7, 11) is 0. The number of phenolic OH excluding ortho intramolecular Hbond substituents is 1. The number of aryl methyl sites for hydroxylation is 1. The number of aliphatic imine (C=N–C) groups is 1. The second kappa shape index (κ2) is 5.48. The third-order valence-corrected chi connectivity index (χ3v) is 2.74. The Morgan fingerprint density at radius 1 is 1.35 bits per heavy atom. The summed E-state index contributed by atoms with van der Waals surface area (Å²) in [5, 5.41) is 20.4. The molecule has 0 radical (unpaired) electrons. The molecule has 6 heteroatoms. The molecule has 0 amide bonds. The van der Waals surface area contributed by atoms with Crippen LogP contribution in [-0.2, 0) is 0 Å². The van der Waals surface area contributed by atoms with Crippen LogP contribution in [0, 0.1) is 22.9 Å². The number of rotatable bonds is 3. The van der Waals surface area contributed by atoms with Crippen LogP contribution in [-0.4, -0.2) is 16.2 Å². The lowest BCUT2D eigenvalue weighted by molar-refractivity contribution is -0.385. The van der Waals surface area contributed by atoms with Crippen molar-refractivity contribution in [1.29, 1.82) is 0 Å². The molecule has 0 bridgehead atoms. The molecule has 0 spiro atoms. The zero-order chi connectivity index (χ0) is 14.7. The van der Waals surface area contributed by atoms with Gasteiger partial charge in [0.2, 0.25) is 5.75 Å². The monoisotopic (exact) mass is 274 g/mol. The summed E-state index contributed by atoms with van der Waals surface area (Å²) < 4.78 is 13.1. The van der Waals surface area contributed by atoms with Crippen molar-refractivity contribution in [3.05, 3.63) is 63.5 Å². The van der Waals surface area contributed by atoms with Gasteiger partial charge in [0.05, 0.1) is 10.6 Å². The van der Waals surface area contributed by atoms with Crippen LogP contribution in [0.2, 0.25) is 0 Å². The Morgan fingerprint density at radius 2 is 2.10 bits per heavy atom. The lowest BCUT2D eigenvalue weighted by Gasteiger charge is -2.00. The van der Waals surface area contributed by atoms with Crippen LogP contribution in [0.3, 0.4) is 0 Å². The molecule has 0 atom stereocenters. The highest BCUT2D eigenvalue weighted by molar-refractivity contribution is 5.87. The summed E-state index contributed by atoms with van der Waals surface area (Å²) in [4.78, 5) is 14.1. The number of benzene rings is 2. The summed E-state index contributed by atoms with van der Waals surface area (Å²) >= 11 is 0. The van der Waals surface area contributed by atoms with Gasteiger partial charge in [0.1, 0.15) is 5.82 Å². The minimum Gasteiger partial charge on any atom is -0.502 e. The first kappa shape index (κ1) is 13.7. The van der Waals surface area contributed by atoms with E-state index in [1.165, 1.54) is 36.5 Å². The minimum absolute atomic E-state index is 0.223. The van der Waals surface area contributed by atoms with Gasteiger partial charge in [-0.2, -0.15) is 0 Å². The summed E-state index contributed by atoms with van der Waals surface area (Å²) in [6.07, 6.45) is 1.30. The molecular formula is C14H11FN2O3. The molecule has 5 nitrogen and oxygen atoms in total. The van der Waals surface area contributed by atoms with E-state index in [0.29, 0.717) is 11.3 Å².